The van der Waals surface area contributed by atoms with Gasteiger partial charge in [-0.15, -0.1) is 0 Å². The van der Waals surface area contributed by atoms with E-state index in [-0.39, 0.29) is 11.6 Å². The number of pyridine rings is 1. The van der Waals surface area contributed by atoms with Crippen LogP contribution in [0.4, 0.5) is 8.78 Å². The van der Waals surface area contributed by atoms with Gasteiger partial charge in [0.15, 0.2) is 11.6 Å². The highest BCUT2D eigenvalue weighted by atomic mass is 79.9. The molecule has 0 bridgehead atoms. The van der Waals surface area contributed by atoms with E-state index in [0.717, 1.165) is 18.2 Å². The molecular formula is C11H6BrF2NO. The molecule has 0 fully saturated rings. The summed E-state index contributed by atoms with van der Waals surface area (Å²) in [5.41, 5.74) is 0. The Balaban J connectivity index is 2.34. The van der Waals surface area contributed by atoms with E-state index in [1.807, 2.05) is 0 Å². The van der Waals surface area contributed by atoms with Crippen LogP contribution in [0.15, 0.2) is 41.0 Å². The Morgan fingerprint density at radius 2 is 2.00 bits per heavy atom. The largest absolute Gasteiger partial charge is 0.435 e. The summed E-state index contributed by atoms with van der Waals surface area (Å²) in [7, 11) is 0. The van der Waals surface area contributed by atoms with Crippen LogP contribution >= 0.6 is 15.9 Å². The van der Waals surface area contributed by atoms with Gasteiger partial charge in [0.05, 0.1) is 4.47 Å². The lowest BCUT2D eigenvalue weighted by Gasteiger charge is -2.06. The van der Waals surface area contributed by atoms with Crippen molar-refractivity contribution in [1.82, 2.24) is 4.98 Å². The van der Waals surface area contributed by atoms with Crippen molar-refractivity contribution in [2.75, 3.05) is 0 Å². The fraction of sp³-hybridized carbons (Fsp3) is 0. The molecule has 0 atom stereocenters. The summed E-state index contributed by atoms with van der Waals surface area (Å²) in [6.07, 6.45) is 1.50. The number of nitrogens with zero attached hydrogens (tertiary/aromatic N) is 1. The molecule has 82 valence electrons. The fourth-order valence-corrected chi connectivity index (χ4v) is 1.44. The number of hydrogen-bond donors (Lipinski definition) is 0. The first kappa shape index (κ1) is 11.0. The van der Waals surface area contributed by atoms with Gasteiger partial charge < -0.3 is 4.74 Å². The van der Waals surface area contributed by atoms with Crippen molar-refractivity contribution in [3.63, 3.8) is 0 Å². The Hall–Kier alpha value is -1.49. The molecule has 0 aliphatic carbocycles. The van der Waals surface area contributed by atoms with Gasteiger partial charge in [-0.25, -0.2) is 13.8 Å². The van der Waals surface area contributed by atoms with Crippen LogP contribution in [0.2, 0.25) is 0 Å². The maximum atomic E-state index is 13.3. The van der Waals surface area contributed by atoms with E-state index in [1.165, 1.54) is 6.20 Å². The molecule has 5 heteroatoms. The molecule has 0 aliphatic heterocycles. The molecule has 1 aromatic carbocycles. The minimum atomic E-state index is -0.640. The summed E-state index contributed by atoms with van der Waals surface area (Å²) in [5.74, 6) is -1.21. The molecule has 0 radical (unpaired) electrons. The van der Waals surface area contributed by atoms with Crippen LogP contribution in [-0.2, 0) is 0 Å². The quantitative estimate of drug-likeness (QED) is 0.835. The number of aromatic nitrogens is 1. The SMILES string of the molecule is Fc1ccc(F)c(Oc2ncccc2Br)c1. The van der Waals surface area contributed by atoms with E-state index in [4.69, 9.17) is 4.74 Å². The normalized spacial score (nSPS) is 10.2. The predicted octanol–water partition coefficient (Wildman–Crippen LogP) is 3.91. The third-order valence-corrected chi connectivity index (χ3v) is 2.43. The average Bonchev–Trinajstić information content (AvgIpc) is 2.27. The molecule has 0 unspecified atom stereocenters. The zero-order chi connectivity index (χ0) is 11.5. The Labute approximate surface area is 99.0 Å². The summed E-state index contributed by atoms with van der Waals surface area (Å²) in [6.45, 7) is 0. The smallest absolute Gasteiger partial charge is 0.233 e. The van der Waals surface area contributed by atoms with Crippen molar-refractivity contribution in [3.8, 4) is 11.6 Å². The maximum absolute atomic E-state index is 13.3. The average molecular weight is 286 g/mol. The number of ether oxygens (including phenoxy) is 1. The van der Waals surface area contributed by atoms with Crippen molar-refractivity contribution in [3.05, 3.63) is 52.6 Å². The number of hydrogen-bond acceptors (Lipinski definition) is 2. The molecule has 0 saturated carbocycles. The highest BCUT2D eigenvalue weighted by Crippen LogP contribution is 2.28. The van der Waals surface area contributed by atoms with Crippen molar-refractivity contribution in [1.29, 1.82) is 0 Å². The second-order valence-corrected chi connectivity index (χ2v) is 3.82. The van der Waals surface area contributed by atoms with Crippen molar-refractivity contribution in [2.24, 2.45) is 0 Å². The molecule has 2 rings (SSSR count). The number of benzene rings is 1. The molecule has 0 aliphatic rings. The zero-order valence-electron chi connectivity index (χ0n) is 7.95. The molecule has 1 heterocycles. The second-order valence-electron chi connectivity index (χ2n) is 2.97. The third-order valence-electron chi connectivity index (χ3n) is 1.82. The van der Waals surface area contributed by atoms with E-state index in [1.54, 1.807) is 12.1 Å². The summed E-state index contributed by atoms with van der Waals surface area (Å²) in [4.78, 5) is 3.89. The van der Waals surface area contributed by atoms with Gasteiger partial charge in [-0.3, -0.25) is 0 Å². The van der Waals surface area contributed by atoms with E-state index >= 15 is 0 Å². The second kappa shape index (κ2) is 4.57. The van der Waals surface area contributed by atoms with Gasteiger partial charge in [0, 0.05) is 12.3 Å². The molecule has 0 saturated heterocycles. The molecule has 2 nitrogen and oxygen atoms in total. The topological polar surface area (TPSA) is 22.1 Å². The Morgan fingerprint density at radius 1 is 1.19 bits per heavy atom. The molecule has 1 aromatic heterocycles. The summed E-state index contributed by atoms with van der Waals surface area (Å²) in [5, 5.41) is 0. The lowest BCUT2D eigenvalue weighted by molar-refractivity contribution is 0.420. The zero-order valence-corrected chi connectivity index (χ0v) is 9.54. The van der Waals surface area contributed by atoms with E-state index in [9.17, 15) is 8.78 Å². The van der Waals surface area contributed by atoms with Crippen molar-refractivity contribution >= 4 is 15.9 Å². The van der Waals surface area contributed by atoms with Crippen LogP contribution in [0.25, 0.3) is 0 Å². The number of halogens is 3. The van der Waals surface area contributed by atoms with Gasteiger partial charge in [0.1, 0.15) is 5.82 Å². The Kier molecular flexibility index (Phi) is 3.14. The van der Waals surface area contributed by atoms with Crippen LogP contribution in [0.1, 0.15) is 0 Å². The standard InChI is InChI=1S/C11H6BrF2NO/c12-8-2-1-5-15-11(8)16-10-6-7(13)3-4-9(10)14/h1-6H. The Morgan fingerprint density at radius 3 is 2.75 bits per heavy atom. The summed E-state index contributed by atoms with van der Waals surface area (Å²) < 4.78 is 31.8. The third kappa shape index (κ3) is 2.36. The summed E-state index contributed by atoms with van der Waals surface area (Å²) >= 11 is 3.19. The Bertz CT molecular complexity index is 519. The molecule has 2 aromatic rings. The minimum absolute atomic E-state index is 0.187. The first-order valence-electron chi connectivity index (χ1n) is 4.40. The predicted molar refractivity (Wildman–Crippen MR) is 58.4 cm³/mol. The van der Waals surface area contributed by atoms with E-state index in [0.29, 0.717) is 4.47 Å². The van der Waals surface area contributed by atoms with E-state index in [2.05, 4.69) is 20.9 Å². The lowest BCUT2D eigenvalue weighted by atomic mass is 10.3. The van der Waals surface area contributed by atoms with Gasteiger partial charge in [-0.2, -0.15) is 0 Å². The van der Waals surface area contributed by atoms with Crippen molar-refractivity contribution in [2.45, 2.75) is 0 Å². The van der Waals surface area contributed by atoms with Gasteiger partial charge >= 0.3 is 0 Å². The maximum Gasteiger partial charge on any atom is 0.233 e. The van der Waals surface area contributed by atoms with Crippen molar-refractivity contribution < 1.29 is 13.5 Å². The molecule has 0 N–H and O–H groups in total. The first-order chi connectivity index (χ1) is 7.66. The van der Waals surface area contributed by atoms with E-state index < -0.39 is 11.6 Å². The molecular weight excluding hydrogens is 280 g/mol. The van der Waals surface area contributed by atoms with Gasteiger partial charge in [0.25, 0.3) is 0 Å². The summed E-state index contributed by atoms with van der Waals surface area (Å²) in [6, 6.07) is 6.38. The highest BCUT2D eigenvalue weighted by Gasteiger charge is 2.09. The van der Waals surface area contributed by atoms with Crippen LogP contribution in [-0.4, -0.2) is 4.98 Å². The number of rotatable bonds is 2. The fourth-order valence-electron chi connectivity index (χ4n) is 1.11. The molecule has 16 heavy (non-hydrogen) atoms. The van der Waals surface area contributed by atoms with Crippen LogP contribution in [0.3, 0.4) is 0 Å². The monoisotopic (exact) mass is 285 g/mol. The lowest BCUT2D eigenvalue weighted by Crippen LogP contribution is -1.92. The first-order valence-corrected chi connectivity index (χ1v) is 5.19. The van der Waals surface area contributed by atoms with Gasteiger partial charge in [-0.1, -0.05) is 0 Å². The van der Waals surface area contributed by atoms with Gasteiger partial charge in [-0.05, 0) is 40.2 Å². The van der Waals surface area contributed by atoms with Crippen LogP contribution in [0, 0.1) is 11.6 Å². The van der Waals surface area contributed by atoms with Crippen LogP contribution < -0.4 is 4.74 Å². The molecule has 0 spiro atoms. The minimum Gasteiger partial charge on any atom is -0.435 e. The highest BCUT2D eigenvalue weighted by molar-refractivity contribution is 9.10. The van der Waals surface area contributed by atoms with Crippen LogP contribution in [0.5, 0.6) is 11.6 Å². The van der Waals surface area contributed by atoms with Gasteiger partial charge in [0.2, 0.25) is 5.88 Å². The molecule has 0 amide bonds.